The molecule has 0 aromatic heterocycles. The molecule has 1 heteroatoms. The van der Waals surface area contributed by atoms with E-state index in [1.165, 1.54) is 21.9 Å². The van der Waals surface area contributed by atoms with E-state index in [4.69, 9.17) is 4.74 Å². The van der Waals surface area contributed by atoms with Gasteiger partial charge < -0.3 is 4.74 Å². The van der Waals surface area contributed by atoms with Gasteiger partial charge in [0.05, 0.1) is 0 Å². The van der Waals surface area contributed by atoms with Crippen molar-refractivity contribution in [2.45, 2.75) is 32.8 Å². The van der Waals surface area contributed by atoms with Gasteiger partial charge in [0.25, 0.3) is 0 Å². The summed E-state index contributed by atoms with van der Waals surface area (Å²) in [5.41, 5.74) is 2.57. The zero-order chi connectivity index (χ0) is 15.4. The summed E-state index contributed by atoms with van der Waals surface area (Å²) in [7, 11) is 0. The molecule has 0 aliphatic heterocycles. The van der Waals surface area contributed by atoms with Gasteiger partial charge in [0.2, 0.25) is 0 Å². The van der Waals surface area contributed by atoms with Crippen molar-refractivity contribution in [1.29, 1.82) is 0 Å². The van der Waals surface area contributed by atoms with E-state index in [-0.39, 0.29) is 0 Å². The highest BCUT2D eigenvalue weighted by atomic mass is 16.5. The molecular formula is C21H22O. The SMILES string of the molecule is CCC(C)c1cccc(OCc2cccc3ccccc23)c1. The minimum absolute atomic E-state index is 0.570. The molecular weight excluding hydrogens is 268 g/mol. The standard InChI is InChI=1S/C21H22O/c1-3-16(2)18-10-7-12-20(14-18)22-15-19-11-6-9-17-8-4-5-13-21(17)19/h4-14,16H,3,15H2,1-2H3. The van der Waals surface area contributed by atoms with E-state index in [2.05, 4.69) is 74.5 Å². The lowest BCUT2D eigenvalue weighted by Crippen LogP contribution is -1.98. The van der Waals surface area contributed by atoms with Crippen LogP contribution in [0.15, 0.2) is 66.7 Å². The lowest BCUT2D eigenvalue weighted by atomic mass is 9.99. The van der Waals surface area contributed by atoms with Crippen LogP contribution in [-0.4, -0.2) is 0 Å². The first-order valence-electron chi connectivity index (χ1n) is 7.97. The van der Waals surface area contributed by atoms with Crippen molar-refractivity contribution in [2.24, 2.45) is 0 Å². The van der Waals surface area contributed by atoms with E-state index < -0.39 is 0 Å². The Hall–Kier alpha value is -2.28. The smallest absolute Gasteiger partial charge is 0.120 e. The fourth-order valence-electron chi connectivity index (χ4n) is 2.73. The largest absolute Gasteiger partial charge is 0.489 e. The first kappa shape index (κ1) is 14.6. The maximum absolute atomic E-state index is 6.04. The van der Waals surface area contributed by atoms with Crippen molar-refractivity contribution in [3.63, 3.8) is 0 Å². The van der Waals surface area contributed by atoms with Crippen LogP contribution in [0.1, 0.15) is 37.3 Å². The van der Waals surface area contributed by atoms with Gasteiger partial charge in [-0.2, -0.15) is 0 Å². The van der Waals surface area contributed by atoms with E-state index in [1.807, 2.05) is 6.07 Å². The second kappa shape index (κ2) is 6.65. The predicted molar refractivity (Wildman–Crippen MR) is 93.4 cm³/mol. The molecule has 0 spiro atoms. The molecule has 0 bridgehead atoms. The summed E-state index contributed by atoms with van der Waals surface area (Å²) in [4.78, 5) is 0. The van der Waals surface area contributed by atoms with Crippen LogP contribution in [-0.2, 0) is 6.61 Å². The number of rotatable bonds is 5. The molecule has 1 unspecified atom stereocenters. The summed E-state index contributed by atoms with van der Waals surface area (Å²) in [5, 5.41) is 2.53. The van der Waals surface area contributed by atoms with Crippen molar-refractivity contribution < 1.29 is 4.74 Å². The van der Waals surface area contributed by atoms with Crippen molar-refractivity contribution >= 4 is 10.8 Å². The summed E-state index contributed by atoms with van der Waals surface area (Å²) >= 11 is 0. The maximum atomic E-state index is 6.04. The van der Waals surface area contributed by atoms with Crippen LogP contribution in [0.4, 0.5) is 0 Å². The first-order chi connectivity index (χ1) is 10.8. The molecule has 3 aromatic carbocycles. The molecule has 112 valence electrons. The van der Waals surface area contributed by atoms with Gasteiger partial charge in [-0.25, -0.2) is 0 Å². The van der Waals surface area contributed by atoms with Crippen molar-refractivity contribution in [3.05, 3.63) is 77.9 Å². The van der Waals surface area contributed by atoms with Gasteiger partial charge >= 0.3 is 0 Å². The third-order valence-corrected chi connectivity index (χ3v) is 4.31. The zero-order valence-electron chi connectivity index (χ0n) is 13.3. The second-order valence-electron chi connectivity index (χ2n) is 5.81. The van der Waals surface area contributed by atoms with Gasteiger partial charge in [-0.05, 0) is 46.4 Å². The van der Waals surface area contributed by atoms with Gasteiger partial charge in [-0.15, -0.1) is 0 Å². The van der Waals surface area contributed by atoms with Gasteiger partial charge in [0.15, 0.2) is 0 Å². The van der Waals surface area contributed by atoms with E-state index >= 15 is 0 Å². The van der Waals surface area contributed by atoms with Gasteiger partial charge in [-0.1, -0.05) is 68.4 Å². The van der Waals surface area contributed by atoms with E-state index in [0.29, 0.717) is 12.5 Å². The summed E-state index contributed by atoms with van der Waals surface area (Å²) in [6.45, 7) is 5.07. The number of hydrogen-bond acceptors (Lipinski definition) is 1. The van der Waals surface area contributed by atoms with E-state index in [9.17, 15) is 0 Å². The topological polar surface area (TPSA) is 9.23 Å². The third kappa shape index (κ3) is 3.14. The maximum Gasteiger partial charge on any atom is 0.120 e. The van der Waals surface area contributed by atoms with Crippen LogP contribution in [0.25, 0.3) is 10.8 Å². The monoisotopic (exact) mass is 290 g/mol. The van der Waals surface area contributed by atoms with Crippen LogP contribution in [0.2, 0.25) is 0 Å². The average Bonchev–Trinajstić information content (AvgIpc) is 2.59. The molecule has 0 saturated heterocycles. The minimum atomic E-state index is 0.570. The Bertz CT molecular complexity index is 755. The summed E-state index contributed by atoms with van der Waals surface area (Å²) < 4.78 is 6.04. The fraction of sp³-hybridized carbons (Fsp3) is 0.238. The highest BCUT2D eigenvalue weighted by Crippen LogP contribution is 2.25. The lowest BCUT2D eigenvalue weighted by molar-refractivity contribution is 0.307. The molecule has 0 radical (unpaired) electrons. The quantitative estimate of drug-likeness (QED) is 0.565. The molecule has 0 aliphatic carbocycles. The predicted octanol–water partition coefficient (Wildman–Crippen LogP) is 5.93. The molecule has 0 N–H and O–H groups in total. The Balaban J connectivity index is 1.80. The van der Waals surface area contributed by atoms with Crippen molar-refractivity contribution in [2.75, 3.05) is 0 Å². The first-order valence-corrected chi connectivity index (χ1v) is 7.97. The third-order valence-electron chi connectivity index (χ3n) is 4.31. The Morgan fingerprint density at radius 1 is 0.909 bits per heavy atom. The van der Waals surface area contributed by atoms with Crippen LogP contribution in [0, 0.1) is 0 Å². The summed E-state index contributed by atoms with van der Waals surface area (Å²) in [5.74, 6) is 1.52. The number of fused-ring (bicyclic) bond motifs is 1. The fourth-order valence-corrected chi connectivity index (χ4v) is 2.73. The van der Waals surface area contributed by atoms with E-state index in [1.54, 1.807) is 0 Å². The van der Waals surface area contributed by atoms with Crippen LogP contribution < -0.4 is 4.74 Å². The Labute approximate surface area is 132 Å². The normalized spacial score (nSPS) is 12.3. The second-order valence-corrected chi connectivity index (χ2v) is 5.81. The molecule has 0 heterocycles. The van der Waals surface area contributed by atoms with Crippen LogP contribution >= 0.6 is 0 Å². The number of hydrogen-bond donors (Lipinski definition) is 0. The van der Waals surface area contributed by atoms with Crippen molar-refractivity contribution in [3.8, 4) is 5.75 Å². The van der Waals surface area contributed by atoms with Crippen LogP contribution in [0.3, 0.4) is 0 Å². The Morgan fingerprint density at radius 2 is 1.68 bits per heavy atom. The molecule has 0 fully saturated rings. The summed E-state index contributed by atoms with van der Waals surface area (Å²) in [6, 6.07) is 23.3. The lowest BCUT2D eigenvalue weighted by Gasteiger charge is -2.13. The Morgan fingerprint density at radius 3 is 2.55 bits per heavy atom. The highest BCUT2D eigenvalue weighted by Gasteiger charge is 2.05. The molecule has 0 saturated carbocycles. The Kier molecular flexibility index (Phi) is 4.43. The van der Waals surface area contributed by atoms with Crippen molar-refractivity contribution in [1.82, 2.24) is 0 Å². The molecule has 1 nitrogen and oxygen atoms in total. The van der Waals surface area contributed by atoms with Gasteiger partial charge in [0.1, 0.15) is 12.4 Å². The molecule has 22 heavy (non-hydrogen) atoms. The number of ether oxygens (including phenoxy) is 1. The van der Waals surface area contributed by atoms with Crippen LogP contribution in [0.5, 0.6) is 5.75 Å². The van der Waals surface area contributed by atoms with E-state index in [0.717, 1.165) is 12.2 Å². The molecule has 3 aromatic rings. The average molecular weight is 290 g/mol. The minimum Gasteiger partial charge on any atom is -0.489 e. The van der Waals surface area contributed by atoms with Gasteiger partial charge in [0, 0.05) is 0 Å². The van der Waals surface area contributed by atoms with Gasteiger partial charge in [-0.3, -0.25) is 0 Å². The zero-order valence-corrected chi connectivity index (χ0v) is 13.3. The molecule has 3 rings (SSSR count). The molecule has 1 atom stereocenters. The highest BCUT2D eigenvalue weighted by molar-refractivity contribution is 5.85. The summed E-state index contributed by atoms with van der Waals surface area (Å²) in [6.07, 6.45) is 1.15. The number of benzene rings is 3. The molecule has 0 aliphatic rings. The molecule has 0 amide bonds.